The van der Waals surface area contributed by atoms with Gasteiger partial charge < -0.3 is 76.4 Å². The number of aryl methyl sites for hydroxylation is 1. The molecular weight excluding hydrogens is 917 g/mol. The van der Waals surface area contributed by atoms with Crippen LogP contribution in [-0.4, -0.2) is 203 Å². The van der Waals surface area contributed by atoms with Crippen LogP contribution in [0.1, 0.15) is 58.1 Å². The van der Waals surface area contributed by atoms with Gasteiger partial charge in [0.15, 0.2) is 0 Å². The summed E-state index contributed by atoms with van der Waals surface area (Å²) >= 11 is 0. The Bertz CT molecular complexity index is 1800. The van der Waals surface area contributed by atoms with Crippen LogP contribution >= 0.6 is 0 Å². The van der Waals surface area contributed by atoms with Crippen molar-refractivity contribution in [3.63, 3.8) is 0 Å². The minimum absolute atomic E-state index is 0.0117. The number of nitrogens with zero attached hydrogens (tertiary/aromatic N) is 3. The Morgan fingerprint density at radius 3 is 1.63 bits per heavy atom. The maximum absolute atomic E-state index is 13.6. The molecule has 0 bridgehead atoms. The zero-order valence-corrected chi connectivity index (χ0v) is 37.6. The monoisotopic (exact) mass is 979 g/mol. The van der Waals surface area contributed by atoms with Crippen LogP contribution < -0.4 is 31.9 Å². The van der Waals surface area contributed by atoms with Gasteiger partial charge in [-0.3, -0.25) is 52.3 Å². The number of carboxylic acids is 4. The largest absolute Gasteiger partial charge is 0.481 e. The molecule has 6 amide bonds. The second-order valence-corrected chi connectivity index (χ2v) is 14.9. The molecule has 68 heavy (non-hydrogen) atoms. The van der Waals surface area contributed by atoms with Gasteiger partial charge in [0.05, 0.1) is 91.1 Å². The van der Waals surface area contributed by atoms with Crippen LogP contribution in [0.3, 0.4) is 0 Å². The Hall–Kier alpha value is -6.43. The van der Waals surface area contributed by atoms with Gasteiger partial charge in [-0.25, -0.2) is 4.68 Å². The van der Waals surface area contributed by atoms with E-state index in [1.165, 1.54) is 20.0 Å². The van der Waals surface area contributed by atoms with E-state index in [0.29, 0.717) is 5.69 Å². The number of alkyl halides is 1. The molecule has 0 aliphatic carbocycles. The number of carbonyl (C=O) groups is 10. The first-order valence-electron chi connectivity index (χ1n) is 21.3. The molecule has 1 rings (SSSR count). The van der Waals surface area contributed by atoms with Gasteiger partial charge >= 0.3 is 23.9 Å². The molecule has 0 radical (unpaired) electrons. The van der Waals surface area contributed by atoms with Gasteiger partial charge in [0.25, 0.3) is 0 Å². The molecular formula is C39H62FN9O19. The highest BCUT2D eigenvalue weighted by Crippen LogP contribution is 2.08. The number of aliphatic hydroxyl groups excluding tert-OH is 1. The van der Waals surface area contributed by atoms with Crippen molar-refractivity contribution in [3.05, 3.63) is 11.9 Å². The molecule has 1 heterocycles. The lowest BCUT2D eigenvalue weighted by Crippen LogP contribution is -2.60. The summed E-state index contributed by atoms with van der Waals surface area (Å²) < 4.78 is 34.6. The van der Waals surface area contributed by atoms with Gasteiger partial charge in [-0.05, 0) is 25.2 Å². The number of carbonyl (C=O) groups excluding carboxylic acids is 6. The highest BCUT2D eigenvalue weighted by Gasteiger charge is 2.35. The van der Waals surface area contributed by atoms with Crippen molar-refractivity contribution in [2.75, 3.05) is 72.7 Å². The standard InChI is InChI=1S/C39H62FN9O19/c1-23(2)34(46-36(61)25(5-6-30(52)53)43-37(62)26(18-32(56)57)42-29(51)21-49-20-24(47-48-49)4-3-8-40)39(64)44-27(19-33(58)59)38(63)45-28(22-50)35(60)41-9-11-66-13-15-68-17-16-67-14-12-65-10-7-31(54)55/h20,23,25-28,34,50H,3-19,21-22H2,1-2H3,(H,41,60)(H,42,51)(H,43,62)(H,44,64)(H,45,63)(H,46,61)(H,52,53)(H,54,55)(H,56,57)(H,58,59)/t25-,26-,27-,28-,34-/m0/s1. The molecule has 0 saturated heterocycles. The van der Waals surface area contributed by atoms with Gasteiger partial charge in [0.1, 0.15) is 36.8 Å². The van der Waals surface area contributed by atoms with Crippen LogP contribution in [0.15, 0.2) is 6.20 Å². The number of aliphatic carboxylic acids is 4. The molecule has 5 atom stereocenters. The first-order chi connectivity index (χ1) is 32.3. The van der Waals surface area contributed by atoms with Crippen LogP contribution in [0.4, 0.5) is 4.39 Å². The predicted octanol–water partition coefficient (Wildman–Crippen LogP) is -4.28. The summed E-state index contributed by atoms with van der Waals surface area (Å²) in [4.78, 5) is 124. The van der Waals surface area contributed by atoms with E-state index in [0.717, 1.165) is 4.68 Å². The number of ether oxygens (including phenoxy) is 4. The number of halogens is 1. The number of amides is 6. The second kappa shape index (κ2) is 33.9. The fourth-order valence-corrected chi connectivity index (χ4v) is 5.55. The SMILES string of the molecule is CC(C)[C@H](NC(=O)[C@H](CCC(=O)O)NC(=O)[C@H](CC(=O)O)NC(=O)Cn1cc(CCCF)nn1)C(=O)N[C@@H](CC(=O)O)C(=O)N[C@@H](CO)C(=O)NCCOCCOCCOCCOCCC(=O)O. The normalized spacial score (nSPS) is 13.2. The fraction of sp³-hybridized carbons (Fsp3) is 0.692. The first kappa shape index (κ1) is 59.6. The first-order valence-corrected chi connectivity index (χ1v) is 21.3. The number of hydrogen-bond donors (Lipinski definition) is 11. The summed E-state index contributed by atoms with van der Waals surface area (Å²) in [5.74, 6) is -12.9. The minimum Gasteiger partial charge on any atom is -0.481 e. The molecule has 0 unspecified atom stereocenters. The summed E-state index contributed by atoms with van der Waals surface area (Å²) in [5.41, 5.74) is 0.364. The molecule has 0 aliphatic rings. The highest BCUT2D eigenvalue weighted by molar-refractivity contribution is 5.98. The average Bonchev–Trinajstić information content (AvgIpc) is 3.71. The number of hydrogen-bond acceptors (Lipinski definition) is 17. The molecule has 0 aromatic carbocycles. The number of rotatable bonds is 39. The minimum atomic E-state index is -1.88. The van der Waals surface area contributed by atoms with Crippen molar-refractivity contribution in [1.29, 1.82) is 0 Å². The third-order valence-electron chi connectivity index (χ3n) is 8.96. The lowest BCUT2D eigenvalue weighted by atomic mass is 10.0. The predicted molar refractivity (Wildman–Crippen MR) is 226 cm³/mol. The summed E-state index contributed by atoms with van der Waals surface area (Å²) in [7, 11) is 0. The molecule has 0 saturated carbocycles. The topological polar surface area (TPSA) is 412 Å². The smallest absolute Gasteiger partial charge is 0.305 e. The Labute approximate surface area is 388 Å². The lowest BCUT2D eigenvalue weighted by molar-refractivity contribution is -0.142. The van der Waals surface area contributed by atoms with Crippen LogP contribution in [0.2, 0.25) is 0 Å². The molecule has 11 N–H and O–H groups in total. The van der Waals surface area contributed by atoms with Crippen molar-refractivity contribution >= 4 is 59.3 Å². The van der Waals surface area contributed by atoms with E-state index in [2.05, 4.69) is 42.2 Å². The zero-order chi connectivity index (χ0) is 51.0. The van der Waals surface area contributed by atoms with Gasteiger partial charge in [-0.2, -0.15) is 0 Å². The van der Waals surface area contributed by atoms with Crippen molar-refractivity contribution in [2.24, 2.45) is 5.92 Å². The van der Waals surface area contributed by atoms with E-state index >= 15 is 0 Å². The van der Waals surface area contributed by atoms with Gasteiger partial charge in [0.2, 0.25) is 35.4 Å². The molecule has 384 valence electrons. The number of carboxylic acid groups (broad SMARTS) is 4. The van der Waals surface area contributed by atoms with E-state index in [9.17, 15) is 72.8 Å². The Morgan fingerprint density at radius 2 is 1.12 bits per heavy atom. The summed E-state index contributed by atoms with van der Waals surface area (Å²) in [6.45, 7) is 2.02. The Kier molecular flexibility index (Phi) is 29.7. The summed E-state index contributed by atoms with van der Waals surface area (Å²) in [5, 5.41) is 67.6. The average molecular weight is 980 g/mol. The Morgan fingerprint density at radius 1 is 0.618 bits per heavy atom. The molecule has 28 nitrogen and oxygen atoms in total. The van der Waals surface area contributed by atoms with Gasteiger partial charge in [-0.1, -0.05) is 19.1 Å². The zero-order valence-electron chi connectivity index (χ0n) is 37.6. The third-order valence-corrected chi connectivity index (χ3v) is 8.96. The fourth-order valence-electron chi connectivity index (χ4n) is 5.55. The molecule has 1 aromatic rings. The van der Waals surface area contributed by atoms with Crippen LogP contribution in [0.25, 0.3) is 0 Å². The van der Waals surface area contributed by atoms with Crippen molar-refractivity contribution < 1.29 is 96.8 Å². The van der Waals surface area contributed by atoms with Crippen LogP contribution in [0, 0.1) is 5.92 Å². The van der Waals surface area contributed by atoms with Crippen molar-refractivity contribution in [2.45, 2.75) is 95.5 Å². The maximum atomic E-state index is 13.6. The van der Waals surface area contributed by atoms with E-state index in [4.69, 9.17) is 24.1 Å². The summed E-state index contributed by atoms with van der Waals surface area (Å²) in [6, 6.07) is -8.65. The molecule has 29 heteroatoms. The van der Waals surface area contributed by atoms with Crippen LogP contribution in [-0.2, 0) is 79.9 Å². The Balaban J connectivity index is 2.86. The number of aliphatic hydroxyl groups is 1. The quantitative estimate of drug-likeness (QED) is 0.0278. The van der Waals surface area contributed by atoms with Gasteiger partial charge in [0, 0.05) is 19.2 Å². The van der Waals surface area contributed by atoms with E-state index in [-0.39, 0.29) is 78.7 Å². The second-order valence-electron chi connectivity index (χ2n) is 14.9. The summed E-state index contributed by atoms with van der Waals surface area (Å²) in [6.07, 6.45) is -1.74. The third kappa shape index (κ3) is 26.6. The number of nitrogens with one attached hydrogen (secondary N) is 6. The van der Waals surface area contributed by atoms with Crippen LogP contribution in [0.5, 0.6) is 0 Å². The molecule has 0 spiro atoms. The number of aromatic nitrogens is 3. The lowest BCUT2D eigenvalue weighted by Gasteiger charge is -2.28. The van der Waals surface area contributed by atoms with Crippen molar-refractivity contribution in [1.82, 2.24) is 46.9 Å². The molecule has 1 aromatic heterocycles. The van der Waals surface area contributed by atoms with E-state index in [1.807, 2.05) is 0 Å². The molecule has 0 aliphatic heterocycles. The highest BCUT2D eigenvalue weighted by atomic mass is 19.1. The van der Waals surface area contributed by atoms with Crippen molar-refractivity contribution in [3.8, 4) is 0 Å². The van der Waals surface area contributed by atoms with Gasteiger partial charge in [-0.15, -0.1) is 5.10 Å². The van der Waals surface area contributed by atoms with E-state index < -0.39 is 141 Å². The maximum Gasteiger partial charge on any atom is 0.305 e. The van der Waals surface area contributed by atoms with E-state index in [1.54, 1.807) is 0 Å². The molecule has 0 fully saturated rings.